The molecule has 3 unspecified atom stereocenters. The number of nitrogens with two attached hydrogens (primary N) is 1. The molecule has 40 heteroatoms. The van der Waals surface area contributed by atoms with E-state index in [0.717, 1.165) is 41.5 Å². The number of esters is 9. The maximum absolute atomic E-state index is 12.9. The van der Waals surface area contributed by atoms with E-state index in [-0.39, 0.29) is 116 Å². The van der Waals surface area contributed by atoms with Crippen LogP contribution in [0.2, 0.25) is 0 Å². The van der Waals surface area contributed by atoms with Gasteiger partial charge in [-0.3, -0.25) is 71.9 Å². The van der Waals surface area contributed by atoms with Gasteiger partial charge in [0.25, 0.3) is 0 Å². The Kier molecular flexibility index (Phi) is 47.6. The van der Waals surface area contributed by atoms with Crippen LogP contribution in [0, 0.1) is 0 Å². The van der Waals surface area contributed by atoms with Crippen molar-refractivity contribution in [3.05, 3.63) is 0 Å². The van der Waals surface area contributed by atoms with Gasteiger partial charge in [0, 0.05) is 142 Å². The number of rotatable bonds is 54. The summed E-state index contributed by atoms with van der Waals surface area (Å²) in [7, 11) is 0. The molecule has 0 aromatic rings. The first-order valence-electron chi connectivity index (χ1n) is 38.0. The second-order valence-electron chi connectivity index (χ2n) is 27.3. The summed E-state index contributed by atoms with van der Waals surface area (Å²) < 4.78 is 102. The topological polar surface area (TPSA) is 520 Å². The van der Waals surface area contributed by atoms with Gasteiger partial charge in [0.15, 0.2) is 55.5 Å². The molecule has 0 spiro atoms. The lowest BCUT2D eigenvalue weighted by Gasteiger charge is -2.44. The highest BCUT2D eigenvalue weighted by molar-refractivity contribution is 5.78. The van der Waals surface area contributed by atoms with Crippen LogP contribution in [-0.4, -0.2) is 286 Å². The smallest absolute Gasteiger partial charge is 0.303 e. The fourth-order valence-corrected chi connectivity index (χ4v) is 12.0. The Balaban J connectivity index is 1.51. The van der Waals surface area contributed by atoms with Gasteiger partial charge < -0.3 is 123 Å². The maximum Gasteiger partial charge on any atom is 0.303 e. The predicted octanol–water partition coefficient (Wildman–Crippen LogP) is -0.0481. The molecule has 15 atom stereocenters. The molecule has 3 heterocycles. The Morgan fingerprint density at radius 1 is 0.301 bits per heavy atom. The van der Waals surface area contributed by atoms with Crippen molar-refractivity contribution >= 4 is 89.2 Å². The Morgan fingerprint density at radius 2 is 0.531 bits per heavy atom. The van der Waals surface area contributed by atoms with Crippen molar-refractivity contribution in [3.8, 4) is 0 Å². The van der Waals surface area contributed by atoms with E-state index in [1.165, 1.54) is 41.5 Å². The maximum atomic E-state index is 12.9. The molecule has 113 heavy (non-hydrogen) atoms. The lowest BCUT2D eigenvalue weighted by molar-refractivity contribution is -0.277. The van der Waals surface area contributed by atoms with Crippen LogP contribution in [0.5, 0.6) is 0 Å². The van der Waals surface area contributed by atoms with Gasteiger partial charge in [-0.2, -0.15) is 0 Å². The van der Waals surface area contributed by atoms with Gasteiger partial charge in [-0.25, -0.2) is 0 Å². The molecule has 0 aliphatic carbocycles. The molecular formula is C73H119N7O33. The number of hydrogen-bond acceptors (Lipinski definition) is 34. The summed E-state index contributed by atoms with van der Waals surface area (Å²) in [6.07, 6.45) is -7.30. The van der Waals surface area contributed by atoms with Crippen LogP contribution >= 0.6 is 0 Å². The third-order valence-corrected chi connectivity index (χ3v) is 16.8. The van der Waals surface area contributed by atoms with Crippen molar-refractivity contribution in [1.82, 2.24) is 31.9 Å². The van der Waals surface area contributed by atoms with Gasteiger partial charge in [0.05, 0.1) is 45.2 Å². The van der Waals surface area contributed by atoms with Crippen LogP contribution < -0.4 is 37.6 Å². The van der Waals surface area contributed by atoms with Crippen LogP contribution in [0.4, 0.5) is 0 Å². The zero-order valence-corrected chi connectivity index (χ0v) is 66.9. The quantitative estimate of drug-likeness (QED) is 0.0238. The van der Waals surface area contributed by atoms with Crippen molar-refractivity contribution in [1.29, 1.82) is 0 Å². The first-order chi connectivity index (χ1) is 53.6. The van der Waals surface area contributed by atoms with E-state index in [9.17, 15) is 71.9 Å². The minimum atomic E-state index is -1.30. The van der Waals surface area contributed by atoms with Gasteiger partial charge in [-0.15, -0.1) is 0 Å². The average molecular weight is 1620 g/mol. The lowest BCUT2D eigenvalue weighted by atomic mass is 9.96. The SMILES string of the molecule is CC(=O)N[C@H]1C(OCCCCCCNC(=O)CCOCC(N)(COCCC(=O)NCCCCCCOC2O[C@H](COC(C)=O)[C@H](OC(C)=O)[C@H](OC(C)=O)[C@H]2NC(C)=O)COCCC(=O)NCCCCCCOC2O[C@H](COC(C)=O)[C@H](OC(C)=O)[C@H](OC(C)=O)[C@H]2NC(C)=O)O[C@H](COC(C)=O)[C@H](OC(C)=O)[C@@H]1OC(C)=O. The predicted molar refractivity (Wildman–Crippen MR) is 388 cm³/mol. The number of carbonyl (C=O) groups excluding carboxylic acids is 15. The summed E-state index contributed by atoms with van der Waals surface area (Å²) in [5.41, 5.74) is 5.49. The zero-order valence-electron chi connectivity index (χ0n) is 66.9. The van der Waals surface area contributed by atoms with Crippen molar-refractivity contribution in [2.24, 2.45) is 5.73 Å². The summed E-state index contributed by atoms with van der Waals surface area (Å²) in [6, 6.07) is -3.32. The van der Waals surface area contributed by atoms with Crippen molar-refractivity contribution < 1.29 is 157 Å². The second-order valence-corrected chi connectivity index (χ2v) is 27.3. The number of nitrogens with one attached hydrogen (secondary N) is 6. The van der Waals surface area contributed by atoms with E-state index in [0.29, 0.717) is 96.7 Å². The normalized spacial score (nSPS) is 23.7. The summed E-state index contributed by atoms with van der Waals surface area (Å²) in [5.74, 6) is -8.79. The minimum Gasteiger partial charge on any atom is -0.463 e. The number of carbonyl (C=O) groups is 15. The van der Waals surface area contributed by atoms with E-state index < -0.39 is 169 Å². The number of unbranched alkanes of at least 4 members (excludes halogenated alkanes) is 9. The van der Waals surface area contributed by atoms with E-state index >= 15 is 0 Å². The molecule has 3 aliphatic rings. The highest BCUT2D eigenvalue weighted by atomic mass is 16.7. The molecule has 3 saturated heterocycles. The number of amides is 6. The van der Waals surface area contributed by atoms with Crippen LogP contribution in [0.25, 0.3) is 0 Å². The van der Waals surface area contributed by atoms with Crippen LogP contribution in [0.3, 0.4) is 0 Å². The molecule has 8 N–H and O–H groups in total. The Morgan fingerprint density at radius 3 is 0.752 bits per heavy atom. The molecule has 644 valence electrons. The average Bonchev–Trinajstić information content (AvgIpc) is 0.799. The van der Waals surface area contributed by atoms with Gasteiger partial charge in [0.2, 0.25) is 35.4 Å². The molecule has 3 aliphatic heterocycles. The third kappa shape index (κ3) is 42.0. The summed E-state index contributed by atoms with van der Waals surface area (Å²) in [6.45, 7) is 13.8. The van der Waals surface area contributed by atoms with E-state index in [2.05, 4.69) is 31.9 Å². The number of ether oxygens (including phenoxy) is 18. The number of hydrogen-bond donors (Lipinski definition) is 7. The highest BCUT2D eigenvalue weighted by Crippen LogP contribution is 2.32. The summed E-state index contributed by atoms with van der Waals surface area (Å²) in [5, 5.41) is 16.5. The molecule has 0 aromatic heterocycles. The van der Waals surface area contributed by atoms with Crippen molar-refractivity contribution in [2.45, 2.75) is 277 Å². The van der Waals surface area contributed by atoms with Gasteiger partial charge in [-0.05, 0) is 38.5 Å². The van der Waals surface area contributed by atoms with Crippen molar-refractivity contribution in [2.75, 3.05) is 98.9 Å². The summed E-state index contributed by atoms with van der Waals surface area (Å²) in [4.78, 5) is 184. The molecule has 0 bridgehead atoms. The fourth-order valence-electron chi connectivity index (χ4n) is 12.0. The minimum absolute atomic E-state index is 0.0256. The Hall–Kier alpha value is -8.35. The lowest BCUT2D eigenvalue weighted by Crippen LogP contribution is -2.66. The van der Waals surface area contributed by atoms with E-state index in [1.807, 2.05) is 0 Å². The van der Waals surface area contributed by atoms with E-state index in [1.54, 1.807) is 0 Å². The Labute approximate surface area is 657 Å². The molecule has 3 fully saturated rings. The molecular weight excluding hydrogens is 1500 g/mol. The van der Waals surface area contributed by atoms with Crippen LogP contribution in [0.15, 0.2) is 0 Å². The molecule has 0 radical (unpaired) electrons. The molecule has 3 rings (SSSR count). The fraction of sp³-hybridized carbons (Fsp3) is 0.795. The van der Waals surface area contributed by atoms with Gasteiger partial charge >= 0.3 is 53.7 Å². The third-order valence-electron chi connectivity index (χ3n) is 16.8. The molecule has 0 aromatic carbocycles. The highest BCUT2D eigenvalue weighted by Gasteiger charge is 2.54. The largest absolute Gasteiger partial charge is 0.463 e. The van der Waals surface area contributed by atoms with Gasteiger partial charge in [0.1, 0.15) is 56.3 Å². The molecule has 40 nitrogen and oxygen atoms in total. The van der Waals surface area contributed by atoms with Crippen LogP contribution in [0.1, 0.15) is 179 Å². The molecule has 0 saturated carbocycles. The zero-order chi connectivity index (χ0) is 84.0. The van der Waals surface area contributed by atoms with Crippen LogP contribution in [-0.2, 0) is 157 Å². The Bertz CT molecular complexity index is 2730. The standard InChI is InChI=1S/C73H119N7O33/c1-43(81)78-61-67(108-52(10)90)64(105-49(7)87)55(37-102-46(4)84)111-70(61)99-31-22-16-13-19-28-75-58(93)25-34-96-40-73(74,41-97-35-26-59(94)76-29-20-14-17-23-32-100-71-62(79-44(2)82)68(109-53(11)91)65(106-50(8)88)56(112-71)38-103-47(5)85)42-98-36-27-60(95)77-30-21-15-18-24-33-101-72-63(80-45(3)83)69(110-54(12)92)66(107-51(9)89)57(113-72)39-104-48(6)86/h55-57,61-72H,13-42,74H2,1-12H3,(H,75,93)(H,76,94)(H,77,95)(H,78,81)(H,79,82)(H,80,83)/t55-,56-,57-,61-,62-,63-,64+,65+,66+,67-,68-,69-,70?,71?,72?,73?/m1/s1. The summed E-state index contributed by atoms with van der Waals surface area (Å²) >= 11 is 0. The molecule has 6 amide bonds. The first-order valence-corrected chi connectivity index (χ1v) is 38.0. The van der Waals surface area contributed by atoms with Gasteiger partial charge in [-0.1, -0.05) is 38.5 Å². The monoisotopic (exact) mass is 1620 g/mol. The van der Waals surface area contributed by atoms with Crippen molar-refractivity contribution in [3.63, 3.8) is 0 Å². The van der Waals surface area contributed by atoms with E-state index in [4.69, 9.17) is 91.0 Å². The first kappa shape index (κ1) is 98.8. The second kappa shape index (κ2) is 54.4.